The Kier molecular flexibility index (Phi) is 3.39. The molecule has 0 aromatic carbocycles. The van der Waals surface area contributed by atoms with Crippen molar-refractivity contribution in [1.82, 2.24) is 10.5 Å². The van der Waals surface area contributed by atoms with Crippen molar-refractivity contribution < 1.29 is 13.7 Å². The number of aromatic nitrogens is 1. The lowest BCUT2D eigenvalue weighted by atomic mass is 10.2. The topological polar surface area (TPSA) is 68.3 Å². The summed E-state index contributed by atoms with van der Waals surface area (Å²) in [4.78, 5) is 13.0. The third-order valence-electron chi connectivity index (χ3n) is 2.84. The molecule has 0 aliphatic heterocycles. The van der Waals surface area contributed by atoms with Gasteiger partial charge in [-0.2, -0.15) is 0 Å². The summed E-state index contributed by atoms with van der Waals surface area (Å²) < 4.78 is 10.5. The number of rotatable bonds is 4. The predicted molar refractivity (Wildman–Crippen MR) is 74.4 cm³/mol. The van der Waals surface area contributed by atoms with Crippen molar-refractivity contribution in [3.63, 3.8) is 0 Å². The summed E-state index contributed by atoms with van der Waals surface area (Å²) in [6.07, 6.45) is 1.41. The molecule has 3 rings (SSSR count). The third-order valence-corrected chi connectivity index (χ3v) is 3.73. The molecule has 0 saturated carbocycles. The second-order valence-electron chi connectivity index (χ2n) is 4.22. The molecule has 20 heavy (non-hydrogen) atoms. The molecule has 0 aliphatic carbocycles. The summed E-state index contributed by atoms with van der Waals surface area (Å²) >= 11 is 1.61. The molecule has 0 atom stereocenters. The smallest absolute Gasteiger partial charge is 0.256 e. The van der Waals surface area contributed by atoms with Gasteiger partial charge in [0.1, 0.15) is 22.8 Å². The Morgan fingerprint density at radius 2 is 2.30 bits per heavy atom. The maximum Gasteiger partial charge on any atom is 0.256 e. The molecule has 102 valence electrons. The summed E-state index contributed by atoms with van der Waals surface area (Å²) in [5, 5.41) is 8.34. The van der Waals surface area contributed by atoms with Crippen LogP contribution in [0.3, 0.4) is 0 Å². The van der Waals surface area contributed by atoms with Crippen LogP contribution in [0.5, 0.6) is 0 Å². The van der Waals surface area contributed by atoms with Gasteiger partial charge in [-0.1, -0.05) is 11.2 Å². The first-order chi connectivity index (χ1) is 9.74. The molecule has 3 aromatic heterocycles. The quantitative estimate of drug-likeness (QED) is 0.800. The molecular weight excluding hydrogens is 276 g/mol. The van der Waals surface area contributed by atoms with Gasteiger partial charge in [-0.05, 0) is 30.5 Å². The Morgan fingerprint density at radius 1 is 1.40 bits per heavy atom. The normalized spacial score (nSPS) is 10.7. The highest BCUT2D eigenvalue weighted by Gasteiger charge is 2.13. The molecule has 0 spiro atoms. The van der Waals surface area contributed by atoms with Crippen LogP contribution in [-0.2, 0) is 6.54 Å². The Labute approximate surface area is 119 Å². The van der Waals surface area contributed by atoms with E-state index in [1.807, 2.05) is 29.6 Å². The van der Waals surface area contributed by atoms with Crippen LogP contribution >= 0.6 is 11.3 Å². The largest absolute Gasteiger partial charge is 0.458 e. The molecule has 0 unspecified atom stereocenters. The maximum atomic E-state index is 11.9. The number of aryl methyl sites for hydroxylation is 1. The van der Waals surface area contributed by atoms with Crippen molar-refractivity contribution in [3.8, 4) is 10.6 Å². The number of thiophene rings is 1. The number of carbonyl (C=O) groups is 1. The first-order valence-electron chi connectivity index (χ1n) is 6.06. The van der Waals surface area contributed by atoms with E-state index in [-0.39, 0.29) is 5.91 Å². The molecule has 0 radical (unpaired) electrons. The second kappa shape index (κ2) is 5.34. The fraction of sp³-hybridized carbons (Fsp3) is 0.143. The minimum atomic E-state index is -0.224. The molecule has 0 saturated heterocycles. The third kappa shape index (κ3) is 2.50. The number of nitrogens with one attached hydrogen (secondary N) is 1. The minimum Gasteiger partial charge on any atom is -0.458 e. The van der Waals surface area contributed by atoms with E-state index in [0.717, 1.165) is 10.6 Å². The summed E-state index contributed by atoms with van der Waals surface area (Å²) in [5.74, 6) is 1.79. The highest BCUT2D eigenvalue weighted by Crippen LogP contribution is 2.26. The van der Waals surface area contributed by atoms with Gasteiger partial charge in [0.25, 0.3) is 5.91 Å². The first kappa shape index (κ1) is 12.7. The van der Waals surface area contributed by atoms with Crippen LogP contribution in [0, 0.1) is 6.92 Å². The van der Waals surface area contributed by atoms with Crippen molar-refractivity contribution in [3.05, 3.63) is 52.9 Å². The SMILES string of the molecule is Cc1oncc1C(=O)NCc1ccc(-c2cccs2)o1. The fourth-order valence-electron chi connectivity index (χ4n) is 1.80. The van der Waals surface area contributed by atoms with E-state index in [1.54, 1.807) is 18.3 Å². The van der Waals surface area contributed by atoms with Crippen LogP contribution in [0.15, 0.2) is 44.8 Å². The lowest BCUT2D eigenvalue weighted by Crippen LogP contribution is -2.22. The second-order valence-corrected chi connectivity index (χ2v) is 5.17. The Hall–Kier alpha value is -2.34. The zero-order chi connectivity index (χ0) is 13.9. The molecule has 5 nitrogen and oxygen atoms in total. The van der Waals surface area contributed by atoms with Crippen LogP contribution in [0.2, 0.25) is 0 Å². The molecule has 6 heteroatoms. The van der Waals surface area contributed by atoms with Gasteiger partial charge in [0, 0.05) is 0 Å². The van der Waals surface area contributed by atoms with Gasteiger partial charge >= 0.3 is 0 Å². The van der Waals surface area contributed by atoms with Gasteiger partial charge in [-0.15, -0.1) is 11.3 Å². The molecule has 0 aliphatic rings. The van der Waals surface area contributed by atoms with Gasteiger partial charge in [-0.3, -0.25) is 4.79 Å². The number of furan rings is 1. The van der Waals surface area contributed by atoms with Crippen LogP contribution < -0.4 is 5.32 Å². The monoisotopic (exact) mass is 288 g/mol. The van der Waals surface area contributed by atoms with Crippen LogP contribution in [-0.4, -0.2) is 11.1 Å². The van der Waals surface area contributed by atoms with E-state index in [1.165, 1.54) is 6.20 Å². The van der Waals surface area contributed by atoms with Crippen molar-refractivity contribution in [2.75, 3.05) is 0 Å². The van der Waals surface area contributed by atoms with Gasteiger partial charge in [0.15, 0.2) is 0 Å². The van der Waals surface area contributed by atoms with E-state index < -0.39 is 0 Å². The number of nitrogens with zero attached hydrogens (tertiary/aromatic N) is 1. The molecule has 1 N–H and O–H groups in total. The van der Waals surface area contributed by atoms with E-state index in [0.29, 0.717) is 23.6 Å². The van der Waals surface area contributed by atoms with E-state index in [4.69, 9.17) is 8.94 Å². The van der Waals surface area contributed by atoms with Crippen molar-refractivity contribution >= 4 is 17.2 Å². The Morgan fingerprint density at radius 3 is 3.00 bits per heavy atom. The van der Waals surface area contributed by atoms with E-state index >= 15 is 0 Å². The summed E-state index contributed by atoms with van der Waals surface area (Å²) in [7, 11) is 0. The predicted octanol–water partition coefficient (Wildman–Crippen LogP) is 3.23. The fourth-order valence-corrected chi connectivity index (χ4v) is 2.49. The van der Waals surface area contributed by atoms with Crippen LogP contribution in [0.25, 0.3) is 10.6 Å². The van der Waals surface area contributed by atoms with E-state index in [2.05, 4.69) is 10.5 Å². The minimum absolute atomic E-state index is 0.224. The highest BCUT2D eigenvalue weighted by atomic mass is 32.1. The zero-order valence-electron chi connectivity index (χ0n) is 10.8. The number of carbonyl (C=O) groups excluding carboxylic acids is 1. The number of amides is 1. The molecule has 3 aromatic rings. The van der Waals surface area contributed by atoms with Gasteiger partial charge in [-0.25, -0.2) is 0 Å². The Balaban J connectivity index is 1.65. The lowest BCUT2D eigenvalue weighted by Gasteiger charge is -2.01. The molecule has 1 amide bonds. The standard InChI is InChI=1S/C14H12N2O3S/c1-9-11(8-16-19-9)14(17)15-7-10-4-5-12(18-10)13-3-2-6-20-13/h2-6,8H,7H2,1H3,(H,15,17). The Bertz CT molecular complexity index is 712. The van der Waals surface area contributed by atoms with Crippen molar-refractivity contribution in [2.45, 2.75) is 13.5 Å². The lowest BCUT2D eigenvalue weighted by molar-refractivity contribution is 0.0946. The van der Waals surface area contributed by atoms with Crippen LogP contribution in [0.1, 0.15) is 21.9 Å². The van der Waals surface area contributed by atoms with Crippen LogP contribution in [0.4, 0.5) is 0 Å². The average Bonchev–Trinajstić information content (AvgIpc) is 3.16. The van der Waals surface area contributed by atoms with Gasteiger partial charge in [0.2, 0.25) is 0 Å². The van der Waals surface area contributed by atoms with E-state index in [9.17, 15) is 4.79 Å². The number of hydrogen-bond acceptors (Lipinski definition) is 5. The van der Waals surface area contributed by atoms with Crippen molar-refractivity contribution in [2.24, 2.45) is 0 Å². The molecule has 0 fully saturated rings. The molecule has 0 bridgehead atoms. The maximum absolute atomic E-state index is 11.9. The van der Waals surface area contributed by atoms with Gasteiger partial charge < -0.3 is 14.3 Å². The summed E-state index contributed by atoms with van der Waals surface area (Å²) in [5.41, 5.74) is 0.440. The summed E-state index contributed by atoms with van der Waals surface area (Å²) in [6.45, 7) is 2.03. The van der Waals surface area contributed by atoms with Crippen molar-refractivity contribution in [1.29, 1.82) is 0 Å². The zero-order valence-corrected chi connectivity index (χ0v) is 11.6. The number of hydrogen-bond donors (Lipinski definition) is 1. The highest BCUT2D eigenvalue weighted by molar-refractivity contribution is 7.13. The van der Waals surface area contributed by atoms with Gasteiger partial charge in [0.05, 0.1) is 17.6 Å². The molecule has 3 heterocycles. The summed E-state index contributed by atoms with van der Waals surface area (Å²) in [6, 6.07) is 7.72. The molecular formula is C14H12N2O3S. The first-order valence-corrected chi connectivity index (χ1v) is 6.94. The average molecular weight is 288 g/mol.